The quantitative estimate of drug-likeness (QED) is 0.665. The standard InChI is InChI=1S/C15H14Cl2N2O/c1-18-19-9-11-4-2-3-5-15(11)20-10-12-6-7-13(16)8-14(12)17/h2-9,18H,10H2,1H3/b19-9+. The molecule has 2 rings (SSSR count). The van der Waals surface area contributed by atoms with Crippen LogP contribution in [0, 0.1) is 0 Å². The van der Waals surface area contributed by atoms with E-state index in [4.69, 9.17) is 27.9 Å². The van der Waals surface area contributed by atoms with Crippen molar-refractivity contribution in [3.63, 3.8) is 0 Å². The molecule has 0 aliphatic rings. The summed E-state index contributed by atoms with van der Waals surface area (Å²) in [6.07, 6.45) is 1.71. The highest BCUT2D eigenvalue weighted by atomic mass is 35.5. The van der Waals surface area contributed by atoms with E-state index in [1.807, 2.05) is 30.3 Å². The van der Waals surface area contributed by atoms with Gasteiger partial charge in [0.15, 0.2) is 0 Å². The molecule has 0 radical (unpaired) electrons. The molecule has 0 saturated carbocycles. The average molecular weight is 309 g/mol. The predicted octanol–water partition coefficient (Wildman–Crippen LogP) is 4.13. The molecule has 2 aromatic rings. The molecule has 0 spiro atoms. The molecular formula is C15H14Cl2N2O. The van der Waals surface area contributed by atoms with Crippen LogP contribution in [0.15, 0.2) is 47.6 Å². The first-order valence-electron chi connectivity index (χ1n) is 6.06. The number of halogens is 2. The van der Waals surface area contributed by atoms with E-state index in [1.165, 1.54) is 0 Å². The van der Waals surface area contributed by atoms with Crippen LogP contribution in [0.3, 0.4) is 0 Å². The van der Waals surface area contributed by atoms with Gasteiger partial charge in [0.05, 0.1) is 6.21 Å². The Balaban J connectivity index is 2.12. The van der Waals surface area contributed by atoms with Gasteiger partial charge in [0, 0.05) is 28.2 Å². The summed E-state index contributed by atoms with van der Waals surface area (Å²) in [5.41, 5.74) is 4.49. The van der Waals surface area contributed by atoms with Gasteiger partial charge >= 0.3 is 0 Å². The van der Waals surface area contributed by atoms with Gasteiger partial charge < -0.3 is 10.2 Å². The van der Waals surface area contributed by atoms with E-state index in [-0.39, 0.29) is 0 Å². The lowest BCUT2D eigenvalue weighted by atomic mass is 10.2. The van der Waals surface area contributed by atoms with Crippen LogP contribution in [0.5, 0.6) is 5.75 Å². The molecule has 0 unspecified atom stereocenters. The smallest absolute Gasteiger partial charge is 0.128 e. The fraction of sp³-hybridized carbons (Fsp3) is 0.133. The molecule has 2 aromatic carbocycles. The maximum atomic E-state index is 6.12. The summed E-state index contributed by atoms with van der Waals surface area (Å²) >= 11 is 12.0. The van der Waals surface area contributed by atoms with Crippen LogP contribution in [0.1, 0.15) is 11.1 Å². The van der Waals surface area contributed by atoms with Crippen molar-refractivity contribution in [1.29, 1.82) is 0 Å². The van der Waals surface area contributed by atoms with E-state index in [2.05, 4.69) is 10.5 Å². The van der Waals surface area contributed by atoms with Crippen molar-refractivity contribution >= 4 is 29.4 Å². The van der Waals surface area contributed by atoms with Gasteiger partial charge in [-0.25, -0.2) is 0 Å². The zero-order valence-electron chi connectivity index (χ0n) is 10.9. The largest absolute Gasteiger partial charge is 0.488 e. The van der Waals surface area contributed by atoms with Gasteiger partial charge in [-0.3, -0.25) is 0 Å². The van der Waals surface area contributed by atoms with E-state index in [0.717, 1.165) is 16.9 Å². The van der Waals surface area contributed by atoms with Gasteiger partial charge in [-0.15, -0.1) is 0 Å². The van der Waals surface area contributed by atoms with Gasteiger partial charge in [-0.05, 0) is 24.3 Å². The van der Waals surface area contributed by atoms with Gasteiger partial charge in [0.2, 0.25) is 0 Å². The van der Waals surface area contributed by atoms with Crippen LogP contribution in [-0.4, -0.2) is 13.3 Å². The van der Waals surface area contributed by atoms with Crippen molar-refractivity contribution in [3.8, 4) is 5.75 Å². The van der Waals surface area contributed by atoms with Crippen molar-refractivity contribution in [1.82, 2.24) is 5.43 Å². The molecule has 0 aliphatic carbocycles. The van der Waals surface area contributed by atoms with Crippen LogP contribution in [0.25, 0.3) is 0 Å². The number of para-hydroxylation sites is 1. The summed E-state index contributed by atoms with van der Waals surface area (Å²) in [6, 6.07) is 13.0. The Morgan fingerprint density at radius 1 is 1.20 bits per heavy atom. The second kappa shape index (κ2) is 7.17. The molecule has 5 heteroatoms. The van der Waals surface area contributed by atoms with Gasteiger partial charge in [-0.1, -0.05) is 41.4 Å². The summed E-state index contributed by atoms with van der Waals surface area (Å²) in [6.45, 7) is 0.375. The summed E-state index contributed by atoms with van der Waals surface area (Å²) in [7, 11) is 1.74. The van der Waals surface area contributed by atoms with Gasteiger partial charge in [0.25, 0.3) is 0 Å². The third kappa shape index (κ3) is 3.89. The van der Waals surface area contributed by atoms with Crippen molar-refractivity contribution in [2.45, 2.75) is 6.61 Å². The molecule has 0 aromatic heterocycles. The molecule has 0 bridgehead atoms. The molecule has 1 N–H and O–H groups in total. The maximum Gasteiger partial charge on any atom is 0.128 e. The lowest BCUT2D eigenvalue weighted by Crippen LogP contribution is -2.00. The van der Waals surface area contributed by atoms with E-state index in [0.29, 0.717) is 16.7 Å². The van der Waals surface area contributed by atoms with Crippen LogP contribution in [0.2, 0.25) is 10.0 Å². The molecule has 0 saturated heterocycles. The summed E-state index contributed by atoms with van der Waals surface area (Å²) in [4.78, 5) is 0. The van der Waals surface area contributed by atoms with Crippen molar-refractivity contribution in [3.05, 3.63) is 63.6 Å². The highest BCUT2D eigenvalue weighted by molar-refractivity contribution is 6.35. The van der Waals surface area contributed by atoms with Crippen LogP contribution < -0.4 is 10.2 Å². The molecule has 20 heavy (non-hydrogen) atoms. The highest BCUT2D eigenvalue weighted by Gasteiger charge is 2.05. The second-order valence-electron chi connectivity index (χ2n) is 4.04. The van der Waals surface area contributed by atoms with E-state index in [1.54, 1.807) is 25.4 Å². The predicted molar refractivity (Wildman–Crippen MR) is 83.9 cm³/mol. The Morgan fingerprint density at radius 2 is 2.00 bits per heavy atom. The highest BCUT2D eigenvalue weighted by Crippen LogP contribution is 2.23. The summed E-state index contributed by atoms with van der Waals surface area (Å²) < 4.78 is 5.79. The van der Waals surface area contributed by atoms with Crippen LogP contribution >= 0.6 is 23.2 Å². The minimum absolute atomic E-state index is 0.375. The molecule has 3 nitrogen and oxygen atoms in total. The Morgan fingerprint density at radius 3 is 2.75 bits per heavy atom. The molecule has 0 atom stereocenters. The number of nitrogens with one attached hydrogen (secondary N) is 1. The third-order valence-electron chi connectivity index (χ3n) is 2.65. The Labute approximate surface area is 128 Å². The first-order chi connectivity index (χ1) is 9.70. The van der Waals surface area contributed by atoms with Crippen LogP contribution in [0.4, 0.5) is 0 Å². The number of hydrazone groups is 1. The van der Waals surface area contributed by atoms with Crippen molar-refractivity contribution in [2.24, 2.45) is 5.10 Å². The monoisotopic (exact) mass is 308 g/mol. The SMILES string of the molecule is CN/N=C/c1ccccc1OCc1ccc(Cl)cc1Cl. The lowest BCUT2D eigenvalue weighted by molar-refractivity contribution is 0.306. The summed E-state index contributed by atoms with van der Waals surface area (Å²) in [5.74, 6) is 0.748. The average Bonchev–Trinajstić information content (AvgIpc) is 2.45. The molecule has 104 valence electrons. The minimum atomic E-state index is 0.375. The number of benzene rings is 2. The Bertz CT molecular complexity index is 615. The molecular weight excluding hydrogens is 295 g/mol. The third-order valence-corrected chi connectivity index (χ3v) is 3.24. The topological polar surface area (TPSA) is 33.6 Å². The van der Waals surface area contributed by atoms with E-state index in [9.17, 15) is 0 Å². The molecule has 0 fully saturated rings. The van der Waals surface area contributed by atoms with Crippen molar-refractivity contribution in [2.75, 3.05) is 7.05 Å². The normalized spacial score (nSPS) is 10.8. The zero-order chi connectivity index (χ0) is 14.4. The van der Waals surface area contributed by atoms with Gasteiger partial charge in [-0.2, -0.15) is 5.10 Å². The number of nitrogens with zero attached hydrogens (tertiary/aromatic N) is 1. The number of hydrogen-bond donors (Lipinski definition) is 1. The molecule has 0 aliphatic heterocycles. The van der Waals surface area contributed by atoms with Crippen molar-refractivity contribution < 1.29 is 4.74 Å². The number of ether oxygens (including phenoxy) is 1. The summed E-state index contributed by atoms with van der Waals surface area (Å²) in [5, 5.41) is 5.20. The van der Waals surface area contributed by atoms with E-state index < -0.39 is 0 Å². The minimum Gasteiger partial charge on any atom is -0.488 e. The number of rotatable bonds is 5. The fourth-order valence-corrected chi connectivity index (χ4v) is 2.11. The molecule has 0 amide bonds. The first-order valence-corrected chi connectivity index (χ1v) is 6.82. The Kier molecular flexibility index (Phi) is 5.27. The maximum absolute atomic E-state index is 6.12. The Hall–Kier alpha value is -1.71. The second-order valence-corrected chi connectivity index (χ2v) is 4.89. The van der Waals surface area contributed by atoms with Crippen LogP contribution in [-0.2, 0) is 6.61 Å². The molecule has 0 heterocycles. The van der Waals surface area contributed by atoms with E-state index >= 15 is 0 Å². The van der Waals surface area contributed by atoms with Gasteiger partial charge in [0.1, 0.15) is 12.4 Å². The number of hydrogen-bond acceptors (Lipinski definition) is 3. The lowest BCUT2D eigenvalue weighted by Gasteiger charge is -2.10. The zero-order valence-corrected chi connectivity index (χ0v) is 12.4. The fourth-order valence-electron chi connectivity index (χ4n) is 1.65. The first kappa shape index (κ1) is 14.7.